The van der Waals surface area contributed by atoms with Crippen molar-refractivity contribution in [1.29, 1.82) is 0 Å². The normalized spacial score (nSPS) is 21.9. The number of imidazole rings is 1. The second kappa shape index (κ2) is 1.81. The molecule has 0 fully saturated rings. The average molecular weight is 137 g/mol. The Morgan fingerprint density at radius 1 is 1.60 bits per heavy atom. The molecule has 1 unspecified atom stereocenters. The maximum atomic E-state index is 5.45. The second-order valence-corrected chi connectivity index (χ2v) is 2.03. The number of nitrogens with two attached hydrogens (primary N) is 1. The summed E-state index contributed by atoms with van der Waals surface area (Å²) in [6.07, 6.45) is 2.92. The monoisotopic (exact) mass is 137 g/mol. The van der Waals surface area contributed by atoms with Crippen LogP contribution in [0.4, 0.5) is 5.82 Å². The first-order valence-corrected chi connectivity index (χ1v) is 2.95. The standard InChI is InChI=1S/C5H7N5/c6-5-7-1-3-4(10-5)9-2-8-3/h1-2,5,10H,6H2,(H,8,9). The number of H-pyrrole nitrogens is 1. The van der Waals surface area contributed by atoms with Crippen LogP contribution < -0.4 is 11.1 Å². The van der Waals surface area contributed by atoms with Gasteiger partial charge in [0.25, 0.3) is 0 Å². The molecule has 52 valence electrons. The fraction of sp³-hybridized carbons (Fsp3) is 0.200. The van der Waals surface area contributed by atoms with Crippen molar-refractivity contribution in [2.75, 3.05) is 5.32 Å². The van der Waals surface area contributed by atoms with E-state index in [1.54, 1.807) is 12.5 Å². The second-order valence-electron chi connectivity index (χ2n) is 2.03. The van der Waals surface area contributed by atoms with Gasteiger partial charge in [-0.2, -0.15) is 0 Å². The summed E-state index contributed by atoms with van der Waals surface area (Å²) in [4.78, 5) is 10.8. The summed E-state index contributed by atoms with van der Waals surface area (Å²) in [6, 6.07) is 0. The number of aromatic nitrogens is 2. The van der Waals surface area contributed by atoms with Crippen molar-refractivity contribution in [2.45, 2.75) is 6.29 Å². The van der Waals surface area contributed by atoms with Crippen LogP contribution >= 0.6 is 0 Å². The lowest BCUT2D eigenvalue weighted by atomic mass is 10.4. The van der Waals surface area contributed by atoms with Gasteiger partial charge in [0.2, 0.25) is 0 Å². The van der Waals surface area contributed by atoms with Crippen molar-refractivity contribution in [1.82, 2.24) is 9.97 Å². The van der Waals surface area contributed by atoms with Gasteiger partial charge in [0.1, 0.15) is 5.69 Å². The van der Waals surface area contributed by atoms with Gasteiger partial charge in [-0.05, 0) is 0 Å². The quantitative estimate of drug-likeness (QED) is 0.451. The number of hydrogen-bond acceptors (Lipinski definition) is 4. The highest BCUT2D eigenvalue weighted by molar-refractivity contribution is 5.85. The predicted molar refractivity (Wildman–Crippen MR) is 37.8 cm³/mol. The Kier molecular flexibility index (Phi) is 0.983. The highest BCUT2D eigenvalue weighted by Gasteiger charge is 2.10. The minimum absolute atomic E-state index is 0.351. The molecule has 10 heavy (non-hydrogen) atoms. The van der Waals surface area contributed by atoms with Crippen LogP contribution in [-0.2, 0) is 0 Å². The molecule has 5 heteroatoms. The lowest BCUT2D eigenvalue weighted by Crippen LogP contribution is -2.30. The van der Waals surface area contributed by atoms with E-state index in [4.69, 9.17) is 5.73 Å². The van der Waals surface area contributed by atoms with Crippen LogP contribution in [0.1, 0.15) is 5.69 Å². The number of rotatable bonds is 0. The molecule has 2 heterocycles. The van der Waals surface area contributed by atoms with Crippen LogP contribution in [0.2, 0.25) is 0 Å². The third-order valence-electron chi connectivity index (χ3n) is 1.32. The molecule has 4 N–H and O–H groups in total. The van der Waals surface area contributed by atoms with Crippen LogP contribution in [0.25, 0.3) is 0 Å². The van der Waals surface area contributed by atoms with Gasteiger partial charge in [-0.15, -0.1) is 0 Å². The number of hydrogen-bond donors (Lipinski definition) is 3. The molecule has 1 aliphatic rings. The smallest absolute Gasteiger partial charge is 0.172 e. The van der Waals surface area contributed by atoms with E-state index in [9.17, 15) is 0 Å². The molecule has 0 saturated carbocycles. The van der Waals surface area contributed by atoms with Crippen molar-refractivity contribution < 1.29 is 0 Å². The van der Waals surface area contributed by atoms with Gasteiger partial charge < -0.3 is 10.3 Å². The third kappa shape index (κ3) is 0.679. The lowest BCUT2D eigenvalue weighted by molar-refractivity contribution is 0.800. The Hall–Kier alpha value is -1.36. The largest absolute Gasteiger partial charge is 0.342 e. The van der Waals surface area contributed by atoms with Crippen molar-refractivity contribution in [3.8, 4) is 0 Å². The molecule has 5 nitrogen and oxygen atoms in total. The van der Waals surface area contributed by atoms with E-state index in [2.05, 4.69) is 20.3 Å². The maximum Gasteiger partial charge on any atom is 0.172 e. The molecule has 1 aromatic heterocycles. The van der Waals surface area contributed by atoms with Gasteiger partial charge in [0.15, 0.2) is 12.1 Å². The Balaban J connectivity index is 2.43. The first-order chi connectivity index (χ1) is 4.86. The number of nitrogens with zero attached hydrogens (tertiary/aromatic N) is 2. The van der Waals surface area contributed by atoms with E-state index in [-0.39, 0.29) is 6.29 Å². The summed E-state index contributed by atoms with van der Waals surface area (Å²) < 4.78 is 0. The average Bonchev–Trinajstić information content (AvgIpc) is 2.33. The van der Waals surface area contributed by atoms with Crippen molar-refractivity contribution in [3.63, 3.8) is 0 Å². The van der Waals surface area contributed by atoms with E-state index in [0.29, 0.717) is 0 Å². The minimum atomic E-state index is -0.351. The van der Waals surface area contributed by atoms with E-state index in [1.165, 1.54) is 0 Å². The summed E-state index contributed by atoms with van der Waals surface area (Å²) >= 11 is 0. The summed E-state index contributed by atoms with van der Waals surface area (Å²) in [5.74, 6) is 0.766. The first-order valence-electron chi connectivity index (χ1n) is 2.95. The minimum Gasteiger partial charge on any atom is -0.342 e. The molecule has 1 aromatic rings. The molecule has 0 radical (unpaired) electrons. The van der Waals surface area contributed by atoms with Gasteiger partial charge in [0, 0.05) is 0 Å². The number of fused-ring (bicyclic) bond motifs is 1. The van der Waals surface area contributed by atoms with Crippen molar-refractivity contribution in [3.05, 3.63) is 12.0 Å². The van der Waals surface area contributed by atoms with Crippen molar-refractivity contribution in [2.24, 2.45) is 10.7 Å². The zero-order chi connectivity index (χ0) is 6.97. The SMILES string of the molecule is NC1N=Cc2[nH]cnc2N1. The van der Waals surface area contributed by atoms with E-state index < -0.39 is 0 Å². The number of nitrogens with one attached hydrogen (secondary N) is 2. The molecule has 2 rings (SSSR count). The summed E-state index contributed by atoms with van der Waals surface area (Å²) in [7, 11) is 0. The van der Waals surface area contributed by atoms with Crippen molar-refractivity contribution >= 4 is 12.0 Å². The van der Waals surface area contributed by atoms with Gasteiger partial charge in [-0.25, -0.2) is 4.98 Å². The first kappa shape index (κ1) is 5.43. The fourth-order valence-corrected chi connectivity index (χ4v) is 0.850. The molecule has 0 saturated heterocycles. The van der Waals surface area contributed by atoms with Gasteiger partial charge in [-0.1, -0.05) is 0 Å². The molecular weight excluding hydrogens is 130 g/mol. The van der Waals surface area contributed by atoms with Crippen LogP contribution in [0, 0.1) is 0 Å². The highest BCUT2D eigenvalue weighted by atomic mass is 15.2. The molecule has 0 bridgehead atoms. The molecule has 0 spiro atoms. The Labute approximate surface area is 57.4 Å². The van der Waals surface area contributed by atoms with Crippen LogP contribution in [0.5, 0.6) is 0 Å². The van der Waals surface area contributed by atoms with Crippen LogP contribution in [0.3, 0.4) is 0 Å². The molecule has 0 amide bonds. The molecule has 1 aliphatic heterocycles. The zero-order valence-corrected chi connectivity index (χ0v) is 5.20. The Bertz CT molecular complexity index is 263. The Morgan fingerprint density at radius 3 is 3.40 bits per heavy atom. The molecule has 1 atom stereocenters. The Morgan fingerprint density at radius 2 is 2.50 bits per heavy atom. The molecular formula is C5H7N5. The third-order valence-corrected chi connectivity index (χ3v) is 1.32. The predicted octanol–water partition coefficient (Wildman–Crippen LogP) is -0.504. The lowest BCUT2D eigenvalue weighted by Gasteiger charge is -2.12. The van der Waals surface area contributed by atoms with E-state index >= 15 is 0 Å². The molecule has 0 aliphatic carbocycles. The maximum absolute atomic E-state index is 5.45. The topological polar surface area (TPSA) is 79.1 Å². The van der Waals surface area contributed by atoms with E-state index in [1.807, 2.05) is 0 Å². The van der Waals surface area contributed by atoms with Gasteiger partial charge in [0.05, 0.1) is 12.5 Å². The number of anilines is 1. The van der Waals surface area contributed by atoms with E-state index in [0.717, 1.165) is 11.5 Å². The summed E-state index contributed by atoms with van der Waals surface area (Å²) in [6.45, 7) is 0. The summed E-state index contributed by atoms with van der Waals surface area (Å²) in [5.41, 5.74) is 6.32. The van der Waals surface area contributed by atoms with Crippen LogP contribution in [0.15, 0.2) is 11.3 Å². The van der Waals surface area contributed by atoms with Crippen LogP contribution in [-0.4, -0.2) is 22.5 Å². The number of aliphatic imine (C=N–C) groups is 1. The zero-order valence-electron chi connectivity index (χ0n) is 5.20. The van der Waals surface area contributed by atoms with Gasteiger partial charge >= 0.3 is 0 Å². The fourth-order valence-electron chi connectivity index (χ4n) is 0.850. The van der Waals surface area contributed by atoms with Gasteiger partial charge in [-0.3, -0.25) is 10.7 Å². The number of aromatic amines is 1. The highest BCUT2D eigenvalue weighted by Crippen LogP contribution is 2.10. The summed E-state index contributed by atoms with van der Waals surface area (Å²) in [5, 5.41) is 2.88. The molecule has 0 aromatic carbocycles.